The van der Waals surface area contributed by atoms with Gasteiger partial charge in [0, 0.05) is 0 Å². The molecule has 7 heteroatoms. The molecule has 0 fully saturated rings. The number of benzene rings is 2. The molecule has 128 valence electrons. The smallest absolute Gasteiger partial charge is 0.257 e. The molecule has 0 aliphatic heterocycles. The number of aliphatic hydroxyl groups is 1. The van der Waals surface area contributed by atoms with Crippen LogP contribution in [0, 0.1) is 17.5 Å². The maximum atomic E-state index is 13.6. The Bertz CT molecular complexity index is 735. The van der Waals surface area contributed by atoms with Gasteiger partial charge in [0.2, 0.25) is 0 Å². The fourth-order valence-corrected chi connectivity index (χ4v) is 2.18. The molecule has 24 heavy (non-hydrogen) atoms. The third-order valence-electron chi connectivity index (χ3n) is 3.56. The second-order valence-electron chi connectivity index (χ2n) is 5.20. The van der Waals surface area contributed by atoms with E-state index >= 15 is 0 Å². The first-order chi connectivity index (χ1) is 11.3. The van der Waals surface area contributed by atoms with Gasteiger partial charge in [-0.15, -0.1) is 0 Å². The Morgan fingerprint density at radius 2 is 1.67 bits per heavy atom. The molecule has 0 saturated heterocycles. The van der Waals surface area contributed by atoms with E-state index in [1.807, 2.05) is 0 Å². The van der Waals surface area contributed by atoms with E-state index in [-0.39, 0.29) is 0 Å². The van der Waals surface area contributed by atoms with Crippen molar-refractivity contribution in [3.63, 3.8) is 0 Å². The summed E-state index contributed by atoms with van der Waals surface area (Å²) < 4.78 is 45.4. The predicted molar refractivity (Wildman–Crippen MR) is 81.2 cm³/mol. The number of ether oxygens (including phenoxy) is 1. The van der Waals surface area contributed by atoms with Gasteiger partial charge in [0.25, 0.3) is 5.91 Å². The average molecular weight is 339 g/mol. The summed E-state index contributed by atoms with van der Waals surface area (Å²) in [6.07, 6.45) is -1.13. The Labute approximate surface area is 136 Å². The Morgan fingerprint density at radius 3 is 2.25 bits per heavy atom. The first-order valence-corrected chi connectivity index (χ1v) is 7.11. The van der Waals surface area contributed by atoms with E-state index in [1.54, 1.807) is 24.3 Å². The fraction of sp³-hybridized carbons (Fsp3) is 0.235. The third-order valence-corrected chi connectivity index (χ3v) is 3.56. The molecule has 2 atom stereocenters. The molecular weight excluding hydrogens is 323 g/mol. The van der Waals surface area contributed by atoms with Crippen LogP contribution in [0.5, 0.6) is 5.75 Å². The number of carbonyl (C=O) groups excluding carboxylic acids is 1. The molecule has 0 bridgehead atoms. The second-order valence-corrected chi connectivity index (χ2v) is 5.20. The summed E-state index contributed by atoms with van der Waals surface area (Å²) in [7, 11) is 1.50. The lowest BCUT2D eigenvalue weighted by atomic mass is 10.0. The maximum Gasteiger partial charge on any atom is 0.257 e. The van der Waals surface area contributed by atoms with Crippen LogP contribution in [0.15, 0.2) is 36.4 Å². The number of methoxy groups -OCH3 is 1. The number of hydrogen-bond acceptors (Lipinski definition) is 3. The summed E-state index contributed by atoms with van der Waals surface area (Å²) in [6, 6.07) is 6.82. The van der Waals surface area contributed by atoms with Gasteiger partial charge in [0.05, 0.1) is 19.3 Å². The van der Waals surface area contributed by atoms with Crippen molar-refractivity contribution in [2.24, 2.45) is 0 Å². The largest absolute Gasteiger partial charge is 0.497 e. The summed E-state index contributed by atoms with van der Waals surface area (Å²) in [5.41, 5.74) is -0.549. The first kappa shape index (κ1) is 17.8. The van der Waals surface area contributed by atoms with Crippen molar-refractivity contribution in [1.82, 2.24) is 5.32 Å². The molecule has 4 nitrogen and oxygen atoms in total. The minimum absolute atomic E-state index is 0.476. The van der Waals surface area contributed by atoms with Crippen molar-refractivity contribution in [1.29, 1.82) is 0 Å². The van der Waals surface area contributed by atoms with Gasteiger partial charge in [0.15, 0.2) is 11.6 Å². The zero-order valence-corrected chi connectivity index (χ0v) is 13.0. The van der Waals surface area contributed by atoms with E-state index < -0.39 is 41.1 Å². The highest BCUT2D eigenvalue weighted by atomic mass is 19.2. The van der Waals surface area contributed by atoms with Crippen molar-refractivity contribution >= 4 is 5.91 Å². The van der Waals surface area contributed by atoms with Crippen molar-refractivity contribution in [3.8, 4) is 5.75 Å². The monoisotopic (exact) mass is 339 g/mol. The fourth-order valence-electron chi connectivity index (χ4n) is 2.18. The number of rotatable bonds is 5. The summed E-state index contributed by atoms with van der Waals surface area (Å²) in [6.45, 7) is 1.46. The number of aliphatic hydroxyl groups excluding tert-OH is 1. The van der Waals surface area contributed by atoms with E-state index in [0.717, 1.165) is 0 Å². The minimum atomic E-state index is -1.57. The van der Waals surface area contributed by atoms with E-state index in [4.69, 9.17) is 4.74 Å². The lowest BCUT2D eigenvalue weighted by molar-refractivity contribution is 0.0843. The first-order valence-electron chi connectivity index (χ1n) is 7.11. The third kappa shape index (κ3) is 3.68. The van der Waals surface area contributed by atoms with Crippen LogP contribution in [-0.2, 0) is 0 Å². The van der Waals surface area contributed by atoms with Gasteiger partial charge < -0.3 is 15.2 Å². The lowest BCUT2D eigenvalue weighted by Gasteiger charge is -2.21. The molecular formula is C17H16F3NO3. The van der Waals surface area contributed by atoms with Crippen LogP contribution < -0.4 is 10.1 Å². The molecule has 0 aromatic heterocycles. The SMILES string of the molecule is COc1ccc([C@H](O)[C@@H](C)NC(=O)c2c(F)ccc(F)c2F)cc1. The normalized spacial score (nSPS) is 13.2. The number of carbonyl (C=O) groups is 1. The zero-order valence-electron chi connectivity index (χ0n) is 13.0. The van der Waals surface area contributed by atoms with E-state index in [0.29, 0.717) is 23.4 Å². The van der Waals surface area contributed by atoms with Gasteiger partial charge in [-0.2, -0.15) is 0 Å². The van der Waals surface area contributed by atoms with Crippen LogP contribution in [0.25, 0.3) is 0 Å². The van der Waals surface area contributed by atoms with Crippen LogP contribution >= 0.6 is 0 Å². The van der Waals surface area contributed by atoms with Crippen molar-refractivity contribution in [2.45, 2.75) is 19.1 Å². The van der Waals surface area contributed by atoms with E-state index in [9.17, 15) is 23.1 Å². The zero-order chi connectivity index (χ0) is 17.9. The number of halogens is 3. The predicted octanol–water partition coefficient (Wildman–Crippen LogP) is 2.96. The van der Waals surface area contributed by atoms with Gasteiger partial charge in [0.1, 0.15) is 17.1 Å². The standard InChI is InChI=1S/C17H16F3NO3/c1-9(16(22)10-3-5-11(24-2)6-4-10)21-17(23)14-12(18)7-8-13(19)15(14)20/h3-9,16,22H,1-2H3,(H,21,23)/t9-,16-/m1/s1. The highest BCUT2D eigenvalue weighted by molar-refractivity contribution is 5.95. The molecule has 0 heterocycles. The summed E-state index contributed by atoms with van der Waals surface area (Å²) in [5.74, 6) is -4.64. The second kappa shape index (κ2) is 7.35. The quantitative estimate of drug-likeness (QED) is 0.824. The van der Waals surface area contributed by atoms with Gasteiger partial charge in [-0.3, -0.25) is 4.79 Å². The van der Waals surface area contributed by atoms with E-state index in [1.165, 1.54) is 14.0 Å². The maximum absolute atomic E-state index is 13.6. The molecule has 0 aliphatic carbocycles. The van der Waals surface area contributed by atoms with Crippen molar-refractivity contribution in [3.05, 3.63) is 65.0 Å². The molecule has 0 saturated carbocycles. The van der Waals surface area contributed by atoms with Crippen molar-refractivity contribution < 1.29 is 27.8 Å². The molecule has 2 N–H and O–H groups in total. The Morgan fingerprint density at radius 1 is 1.08 bits per heavy atom. The van der Waals surface area contributed by atoms with E-state index in [2.05, 4.69) is 5.32 Å². The van der Waals surface area contributed by atoms with Crippen molar-refractivity contribution in [2.75, 3.05) is 7.11 Å². The highest BCUT2D eigenvalue weighted by Gasteiger charge is 2.25. The van der Waals surface area contributed by atoms with Gasteiger partial charge in [-0.05, 0) is 36.8 Å². The van der Waals surface area contributed by atoms with Gasteiger partial charge in [-0.25, -0.2) is 13.2 Å². The molecule has 2 aromatic rings. The van der Waals surface area contributed by atoms with Crippen LogP contribution in [0.4, 0.5) is 13.2 Å². The Balaban J connectivity index is 2.15. The molecule has 0 spiro atoms. The highest BCUT2D eigenvalue weighted by Crippen LogP contribution is 2.21. The summed E-state index contributed by atoms with van der Waals surface area (Å²) in [4.78, 5) is 12.0. The lowest BCUT2D eigenvalue weighted by Crippen LogP contribution is -2.38. The number of amides is 1. The molecule has 2 rings (SSSR count). The Hall–Kier alpha value is -2.54. The molecule has 1 amide bonds. The van der Waals surface area contributed by atoms with Crippen LogP contribution in [0.3, 0.4) is 0 Å². The van der Waals surface area contributed by atoms with Crippen LogP contribution in [-0.4, -0.2) is 24.2 Å². The topological polar surface area (TPSA) is 58.6 Å². The average Bonchev–Trinajstić information content (AvgIpc) is 2.58. The van der Waals surface area contributed by atoms with Crippen LogP contribution in [0.1, 0.15) is 28.9 Å². The molecule has 2 aromatic carbocycles. The minimum Gasteiger partial charge on any atom is -0.497 e. The summed E-state index contributed by atoms with van der Waals surface area (Å²) >= 11 is 0. The molecule has 0 aliphatic rings. The Kier molecular flexibility index (Phi) is 5.46. The van der Waals surface area contributed by atoms with Gasteiger partial charge in [-0.1, -0.05) is 12.1 Å². The number of hydrogen-bond donors (Lipinski definition) is 2. The van der Waals surface area contributed by atoms with Gasteiger partial charge >= 0.3 is 0 Å². The summed E-state index contributed by atoms with van der Waals surface area (Å²) in [5, 5.41) is 12.5. The van der Waals surface area contributed by atoms with Crippen LogP contribution in [0.2, 0.25) is 0 Å². The molecule has 0 radical (unpaired) electrons. The molecule has 0 unspecified atom stereocenters. The number of nitrogens with one attached hydrogen (secondary N) is 1.